The lowest BCUT2D eigenvalue weighted by molar-refractivity contribution is -0.123. The third-order valence-electron chi connectivity index (χ3n) is 4.77. The summed E-state index contributed by atoms with van der Waals surface area (Å²) in [5.74, 6) is 0.673. The van der Waals surface area contributed by atoms with E-state index in [1.807, 2.05) is 42.5 Å². The zero-order valence-electron chi connectivity index (χ0n) is 17.5. The van der Waals surface area contributed by atoms with E-state index in [-0.39, 0.29) is 30.5 Å². The predicted molar refractivity (Wildman–Crippen MR) is 125 cm³/mol. The quantitative estimate of drug-likeness (QED) is 0.437. The fourth-order valence-electron chi connectivity index (χ4n) is 3.16. The Morgan fingerprint density at radius 3 is 2.72 bits per heavy atom. The van der Waals surface area contributed by atoms with E-state index in [9.17, 15) is 9.59 Å². The summed E-state index contributed by atoms with van der Waals surface area (Å²) in [6.45, 7) is 4.12. The standard InChI is InChI=1S/C23H21ClN4O3S/c1-14(2)16-7-4-6-10-19(16)31-13-20(29)25-12-15-11-21(30)28-23(26-15)32-22(27-28)17-8-3-5-9-18(17)24/h3-11,14H,12-13H2,1-2H3,(H,25,29). The largest absolute Gasteiger partial charge is 0.483 e. The van der Waals surface area contributed by atoms with Gasteiger partial charge < -0.3 is 10.1 Å². The highest BCUT2D eigenvalue weighted by atomic mass is 35.5. The molecule has 0 spiro atoms. The number of ether oxygens (including phenoxy) is 1. The fraction of sp³-hybridized carbons (Fsp3) is 0.217. The number of carbonyl (C=O) groups excluding carboxylic acids is 1. The molecule has 0 saturated heterocycles. The van der Waals surface area contributed by atoms with Crippen LogP contribution in [0.4, 0.5) is 0 Å². The van der Waals surface area contributed by atoms with Gasteiger partial charge >= 0.3 is 0 Å². The number of para-hydroxylation sites is 1. The topological polar surface area (TPSA) is 85.6 Å². The van der Waals surface area contributed by atoms with Gasteiger partial charge in [-0.25, -0.2) is 4.98 Å². The first kappa shape index (κ1) is 22.0. The summed E-state index contributed by atoms with van der Waals surface area (Å²) >= 11 is 7.50. The summed E-state index contributed by atoms with van der Waals surface area (Å²) in [6, 6.07) is 16.3. The molecule has 164 valence electrons. The first-order valence-corrected chi connectivity index (χ1v) is 11.2. The van der Waals surface area contributed by atoms with Crippen molar-refractivity contribution in [1.82, 2.24) is 19.9 Å². The Morgan fingerprint density at radius 2 is 1.94 bits per heavy atom. The van der Waals surface area contributed by atoms with E-state index in [1.165, 1.54) is 21.9 Å². The molecule has 2 heterocycles. The molecule has 32 heavy (non-hydrogen) atoms. The number of amides is 1. The van der Waals surface area contributed by atoms with Crippen LogP contribution >= 0.6 is 22.9 Å². The van der Waals surface area contributed by atoms with Crippen molar-refractivity contribution in [1.29, 1.82) is 0 Å². The maximum Gasteiger partial charge on any atom is 0.275 e. The van der Waals surface area contributed by atoms with E-state index < -0.39 is 0 Å². The van der Waals surface area contributed by atoms with E-state index in [0.29, 0.717) is 26.4 Å². The van der Waals surface area contributed by atoms with Crippen LogP contribution in [0.25, 0.3) is 15.5 Å². The summed E-state index contributed by atoms with van der Waals surface area (Å²) in [5.41, 5.74) is 1.90. The van der Waals surface area contributed by atoms with Gasteiger partial charge in [-0.1, -0.05) is 73.2 Å². The summed E-state index contributed by atoms with van der Waals surface area (Å²) in [5, 5.41) is 8.22. The summed E-state index contributed by atoms with van der Waals surface area (Å²) in [4.78, 5) is 29.6. The van der Waals surface area contributed by atoms with Crippen molar-refractivity contribution in [3.63, 3.8) is 0 Å². The molecule has 7 nitrogen and oxygen atoms in total. The third kappa shape index (κ3) is 4.81. The highest BCUT2D eigenvalue weighted by Crippen LogP contribution is 2.30. The molecule has 0 radical (unpaired) electrons. The molecule has 4 aromatic rings. The van der Waals surface area contributed by atoms with Crippen molar-refractivity contribution in [2.24, 2.45) is 0 Å². The molecule has 0 fully saturated rings. The van der Waals surface area contributed by atoms with Crippen LogP contribution < -0.4 is 15.6 Å². The molecule has 0 bridgehead atoms. The highest BCUT2D eigenvalue weighted by Gasteiger charge is 2.14. The molecule has 1 N–H and O–H groups in total. The Balaban J connectivity index is 1.44. The van der Waals surface area contributed by atoms with E-state index in [1.54, 1.807) is 6.07 Å². The number of fused-ring (bicyclic) bond motifs is 1. The Hall–Kier alpha value is -3.23. The number of benzene rings is 2. The van der Waals surface area contributed by atoms with Crippen molar-refractivity contribution < 1.29 is 9.53 Å². The number of hydrogen-bond acceptors (Lipinski definition) is 6. The molecular weight excluding hydrogens is 448 g/mol. The molecule has 2 aromatic carbocycles. The zero-order chi connectivity index (χ0) is 22.7. The molecular formula is C23H21ClN4O3S. The zero-order valence-corrected chi connectivity index (χ0v) is 19.1. The van der Waals surface area contributed by atoms with Gasteiger partial charge in [0.25, 0.3) is 11.5 Å². The van der Waals surface area contributed by atoms with Gasteiger partial charge in [-0.3, -0.25) is 9.59 Å². The van der Waals surface area contributed by atoms with Gasteiger partial charge in [0.15, 0.2) is 6.61 Å². The van der Waals surface area contributed by atoms with Gasteiger partial charge in [-0.05, 0) is 23.6 Å². The summed E-state index contributed by atoms with van der Waals surface area (Å²) in [7, 11) is 0. The van der Waals surface area contributed by atoms with Crippen LogP contribution in [-0.4, -0.2) is 27.1 Å². The molecule has 0 aliphatic carbocycles. The fourth-order valence-corrected chi connectivity index (χ4v) is 4.41. The van der Waals surface area contributed by atoms with Crippen LogP contribution in [0, 0.1) is 0 Å². The first-order valence-electron chi connectivity index (χ1n) is 10.1. The van der Waals surface area contributed by atoms with E-state index in [0.717, 1.165) is 11.1 Å². The van der Waals surface area contributed by atoms with Crippen molar-refractivity contribution in [3.05, 3.63) is 81.2 Å². The summed E-state index contributed by atoms with van der Waals surface area (Å²) in [6.07, 6.45) is 0. The average molecular weight is 469 g/mol. The second-order valence-corrected chi connectivity index (χ2v) is 8.79. The van der Waals surface area contributed by atoms with Crippen LogP contribution in [-0.2, 0) is 11.3 Å². The van der Waals surface area contributed by atoms with Crippen LogP contribution in [0.2, 0.25) is 5.02 Å². The van der Waals surface area contributed by atoms with Gasteiger partial charge in [0.1, 0.15) is 10.8 Å². The molecule has 2 aromatic heterocycles. The third-order valence-corrected chi connectivity index (χ3v) is 6.04. The summed E-state index contributed by atoms with van der Waals surface area (Å²) < 4.78 is 6.92. The molecule has 0 saturated carbocycles. The predicted octanol–water partition coefficient (Wildman–Crippen LogP) is 4.29. The van der Waals surface area contributed by atoms with Gasteiger partial charge in [-0.15, -0.1) is 0 Å². The normalized spacial score (nSPS) is 11.1. The minimum atomic E-state index is -0.323. The van der Waals surface area contributed by atoms with E-state index in [2.05, 4.69) is 29.2 Å². The Kier molecular flexibility index (Phi) is 6.53. The number of rotatable bonds is 7. The maximum atomic E-state index is 12.5. The SMILES string of the molecule is CC(C)c1ccccc1OCC(=O)NCc1cc(=O)n2nc(-c3ccccc3Cl)sc2n1. The van der Waals surface area contributed by atoms with Crippen LogP contribution in [0.5, 0.6) is 5.75 Å². The van der Waals surface area contributed by atoms with Gasteiger partial charge in [-0.2, -0.15) is 9.61 Å². The number of halogens is 1. The maximum absolute atomic E-state index is 12.5. The minimum absolute atomic E-state index is 0.110. The molecule has 9 heteroatoms. The second kappa shape index (κ2) is 9.50. The van der Waals surface area contributed by atoms with Gasteiger partial charge in [0, 0.05) is 11.6 Å². The lowest BCUT2D eigenvalue weighted by Crippen LogP contribution is -2.29. The second-order valence-electron chi connectivity index (χ2n) is 7.43. The lowest BCUT2D eigenvalue weighted by Gasteiger charge is -2.13. The molecule has 0 aliphatic rings. The number of nitrogens with one attached hydrogen (secondary N) is 1. The van der Waals surface area contributed by atoms with Crippen LogP contribution in [0.15, 0.2) is 59.4 Å². The average Bonchev–Trinajstić information content (AvgIpc) is 3.21. The smallest absolute Gasteiger partial charge is 0.275 e. The number of aromatic nitrogens is 3. The molecule has 0 aliphatic heterocycles. The van der Waals surface area contributed by atoms with Crippen molar-refractivity contribution in [2.75, 3.05) is 6.61 Å². The number of carbonyl (C=O) groups is 1. The van der Waals surface area contributed by atoms with Gasteiger partial charge in [0.05, 0.1) is 17.3 Å². The van der Waals surface area contributed by atoms with Crippen LogP contribution in [0.3, 0.4) is 0 Å². The van der Waals surface area contributed by atoms with Crippen LogP contribution in [0.1, 0.15) is 31.0 Å². The molecule has 1 amide bonds. The molecule has 4 rings (SSSR count). The van der Waals surface area contributed by atoms with E-state index in [4.69, 9.17) is 16.3 Å². The van der Waals surface area contributed by atoms with E-state index >= 15 is 0 Å². The number of nitrogens with zero attached hydrogens (tertiary/aromatic N) is 3. The van der Waals surface area contributed by atoms with Crippen molar-refractivity contribution in [3.8, 4) is 16.3 Å². The molecule has 0 unspecified atom stereocenters. The molecule has 0 atom stereocenters. The minimum Gasteiger partial charge on any atom is -0.483 e. The van der Waals surface area contributed by atoms with Crippen molar-refractivity contribution >= 4 is 33.8 Å². The first-order chi connectivity index (χ1) is 15.4. The highest BCUT2D eigenvalue weighted by molar-refractivity contribution is 7.19. The Morgan fingerprint density at radius 1 is 1.19 bits per heavy atom. The van der Waals surface area contributed by atoms with Gasteiger partial charge in [0.2, 0.25) is 4.96 Å². The van der Waals surface area contributed by atoms with Crippen molar-refractivity contribution in [2.45, 2.75) is 26.3 Å². The Labute approximate surface area is 193 Å². The monoisotopic (exact) mass is 468 g/mol. The number of hydrogen-bond donors (Lipinski definition) is 1. The lowest BCUT2D eigenvalue weighted by atomic mass is 10.0. The Bertz CT molecular complexity index is 1330.